The molecule has 1 heterocycles. The molecule has 0 amide bonds. The maximum atomic E-state index is 3.58. The minimum absolute atomic E-state index is 0.528. The van der Waals surface area contributed by atoms with Gasteiger partial charge in [-0.2, -0.15) is 0 Å². The monoisotopic (exact) mass is 355 g/mol. The zero-order valence-electron chi connectivity index (χ0n) is 10.9. The third-order valence-electron chi connectivity index (χ3n) is 2.76. The molecule has 0 aliphatic heterocycles. The topological polar surface area (TPSA) is 12.0 Å². The first-order valence-corrected chi connectivity index (χ1v) is 9.08. The number of benzene rings is 1. The van der Waals surface area contributed by atoms with Crippen LogP contribution in [0.4, 0.5) is 0 Å². The standard InChI is InChI=1S/C15H18BrNS2/c1-2-17-13(9-15-8-12(16)10-18-15)11-19-14-6-4-3-5-7-14/h3-8,10,13,17H,2,9,11H2,1H3. The highest BCUT2D eigenvalue weighted by Crippen LogP contribution is 2.23. The zero-order valence-corrected chi connectivity index (χ0v) is 14.2. The minimum atomic E-state index is 0.528. The number of likely N-dealkylation sites (N-methyl/N-ethyl adjacent to an activating group) is 1. The Labute approximate surface area is 131 Å². The van der Waals surface area contributed by atoms with Crippen LogP contribution in [0, 0.1) is 0 Å². The van der Waals surface area contributed by atoms with Crippen LogP contribution in [0.3, 0.4) is 0 Å². The molecule has 4 heteroatoms. The van der Waals surface area contributed by atoms with Gasteiger partial charge >= 0.3 is 0 Å². The first-order valence-electron chi connectivity index (χ1n) is 6.42. The lowest BCUT2D eigenvalue weighted by Crippen LogP contribution is -2.32. The number of nitrogens with one attached hydrogen (secondary N) is 1. The lowest BCUT2D eigenvalue weighted by Gasteiger charge is -2.16. The van der Waals surface area contributed by atoms with Crippen molar-refractivity contribution in [2.45, 2.75) is 24.3 Å². The van der Waals surface area contributed by atoms with Crippen LogP contribution in [0.1, 0.15) is 11.8 Å². The van der Waals surface area contributed by atoms with E-state index in [9.17, 15) is 0 Å². The van der Waals surface area contributed by atoms with Gasteiger partial charge in [-0.25, -0.2) is 0 Å². The van der Waals surface area contributed by atoms with Gasteiger partial charge in [0.15, 0.2) is 0 Å². The fraction of sp³-hybridized carbons (Fsp3) is 0.333. The summed E-state index contributed by atoms with van der Waals surface area (Å²) in [5, 5.41) is 5.74. The van der Waals surface area contributed by atoms with Gasteiger partial charge in [0, 0.05) is 31.4 Å². The summed E-state index contributed by atoms with van der Waals surface area (Å²) in [6.07, 6.45) is 1.10. The quantitative estimate of drug-likeness (QED) is 0.714. The third-order valence-corrected chi connectivity index (χ3v) is 5.65. The molecule has 0 aliphatic carbocycles. The van der Waals surface area contributed by atoms with E-state index in [1.807, 2.05) is 23.1 Å². The highest BCUT2D eigenvalue weighted by Gasteiger charge is 2.10. The van der Waals surface area contributed by atoms with Crippen molar-refractivity contribution in [2.24, 2.45) is 0 Å². The van der Waals surface area contributed by atoms with E-state index < -0.39 is 0 Å². The summed E-state index contributed by atoms with van der Waals surface area (Å²) in [7, 11) is 0. The molecule has 1 aromatic heterocycles. The number of hydrogen-bond acceptors (Lipinski definition) is 3. The van der Waals surface area contributed by atoms with E-state index in [1.54, 1.807) is 0 Å². The first-order chi connectivity index (χ1) is 9.28. The predicted molar refractivity (Wildman–Crippen MR) is 90.4 cm³/mol. The average Bonchev–Trinajstić information content (AvgIpc) is 2.83. The summed E-state index contributed by atoms with van der Waals surface area (Å²) in [6.45, 7) is 3.19. The number of thiophene rings is 1. The molecule has 0 bridgehead atoms. The second-order valence-corrected chi connectivity index (χ2v) is 7.32. The van der Waals surface area contributed by atoms with Crippen LogP contribution in [0.25, 0.3) is 0 Å². The molecule has 0 saturated carbocycles. The van der Waals surface area contributed by atoms with Crippen LogP contribution >= 0.6 is 39.0 Å². The molecule has 0 radical (unpaired) electrons. The molecule has 0 saturated heterocycles. The molecule has 102 valence electrons. The van der Waals surface area contributed by atoms with Gasteiger partial charge in [0.1, 0.15) is 0 Å². The van der Waals surface area contributed by atoms with Crippen molar-refractivity contribution in [1.82, 2.24) is 5.32 Å². The van der Waals surface area contributed by atoms with Gasteiger partial charge < -0.3 is 5.32 Å². The van der Waals surface area contributed by atoms with Crippen LogP contribution < -0.4 is 5.32 Å². The second-order valence-electron chi connectivity index (χ2n) is 4.31. The molecule has 0 fully saturated rings. The lowest BCUT2D eigenvalue weighted by molar-refractivity contribution is 0.576. The Bertz CT molecular complexity index is 484. The third kappa shape index (κ3) is 5.30. The fourth-order valence-corrected chi connectivity index (χ4v) is 4.41. The van der Waals surface area contributed by atoms with Crippen molar-refractivity contribution in [2.75, 3.05) is 12.3 Å². The summed E-state index contributed by atoms with van der Waals surface area (Å²) in [5.74, 6) is 1.10. The van der Waals surface area contributed by atoms with Crippen LogP contribution in [-0.2, 0) is 6.42 Å². The summed E-state index contributed by atoms with van der Waals surface area (Å²) in [5.41, 5.74) is 0. The van der Waals surface area contributed by atoms with Gasteiger partial charge in [-0.3, -0.25) is 0 Å². The van der Waals surface area contributed by atoms with E-state index in [2.05, 4.69) is 69.9 Å². The van der Waals surface area contributed by atoms with Gasteiger partial charge in [-0.1, -0.05) is 25.1 Å². The molecule has 1 aromatic carbocycles. The Morgan fingerprint density at radius 1 is 1.32 bits per heavy atom. The second kappa shape index (κ2) is 8.10. The minimum Gasteiger partial charge on any atom is -0.313 e. The Morgan fingerprint density at radius 2 is 2.11 bits per heavy atom. The van der Waals surface area contributed by atoms with E-state index in [1.165, 1.54) is 14.2 Å². The van der Waals surface area contributed by atoms with Crippen molar-refractivity contribution in [3.05, 3.63) is 51.1 Å². The zero-order chi connectivity index (χ0) is 13.5. The number of hydrogen-bond donors (Lipinski definition) is 1. The van der Waals surface area contributed by atoms with Crippen molar-refractivity contribution in [1.29, 1.82) is 0 Å². The molecule has 0 aliphatic rings. The molecule has 1 N–H and O–H groups in total. The van der Waals surface area contributed by atoms with Gasteiger partial charge in [0.05, 0.1) is 0 Å². The van der Waals surface area contributed by atoms with Crippen molar-refractivity contribution in [3.63, 3.8) is 0 Å². The van der Waals surface area contributed by atoms with E-state index in [0.29, 0.717) is 6.04 Å². The van der Waals surface area contributed by atoms with Crippen molar-refractivity contribution < 1.29 is 0 Å². The van der Waals surface area contributed by atoms with Gasteiger partial charge in [0.2, 0.25) is 0 Å². The molecule has 2 aromatic rings. The van der Waals surface area contributed by atoms with Crippen molar-refractivity contribution >= 4 is 39.0 Å². The van der Waals surface area contributed by atoms with Crippen LogP contribution in [0.2, 0.25) is 0 Å². The van der Waals surface area contributed by atoms with Gasteiger partial charge in [-0.05, 0) is 47.1 Å². The van der Waals surface area contributed by atoms with Crippen LogP contribution in [0.15, 0.2) is 51.1 Å². The largest absolute Gasteiger partial charge is 0.313 e. The van der Waals surface area contributed by atoms with Crippen LogP contribution in [0.5, 0.6) is 0 Å². The molecule has 1 atom stereocenters. The summed E-state index contributed by atoms with van der Waals surface area (Å²) >= 11 is 7.28. The Kier molecular flexibility index (Phi) is 6.44. The molecule has 0 spiro atoms. The molecular formula is C15H18BrNS2. The SMILES string of the molecule is CCNC(CSc1ccccc1)Cc1cc(Br)cs1. The number of halogens is 1. The number of rotatable bonds is 7. The highest BCUT2D eigenvalue weighted by molar-refractivity contribution is 9.10. The molecule has 1 unspecified atom stereocenters. The summed E-state index contributed by atoms with van der Waals surface area (Å²) < 4.78 is 1.19. The molecular weight excluding hydrogens is 338 g/mol. The summed E-state index contributed by atoms with van der Waals surface area (Å²) in [4.78, 5) is 2.78. The van der Waals surface area contributed by atoms with E-state index in [-0.39, 0.29) is 0 Å². The van der Waals surface area contributed by atoms with E-state index in [4.69, 9.17) is 0 Å². The summed E-state index contributed by atoms with van der Waals surface area (Å²) in [6, 6.07) is 13.4. The Balaban J connectivity index is 1.89. The smallest absolute Gasteiger partial charge is 0.0285 e. The average molecular weight is 356 g/mol. The first kappa shape index (κ1) is 15.1. The lowest BCUT2D eigenvalue weighted by atomic mass is 10.2. The highest BCUT2D eigenvalue weighted by atomic mass is 79.9. The molecule has 2 rings (SSSR count). The number of thioether (sulfide) groups is 1. The van der Waals surface area contributed by atoms with Crippen LogP contribution in [-0.4, -0.2) is 18.3 Å². The molecule has 1 nitrogen and oxygen atoms in total. The van der Waals surface area contributed by atoms with Gasteiger partial charge in [0.25, 0.3) is 0 Å². The van der Waals surface area contributed by atoms with E-state index >= 15 is 0 Å². The molecule has 19 heavy (non-hydrogen) atoms. The fourth-order valence-electron chi connectivity index (χ4n) is 1.90. The normalized spacial score (nSPS) is 12.5. The maximum Gasteiger partial charge on any atom is 0.0285 e. The van der Waals surface area contributed by atoms with Gasteiger partial charge in [-0.15, -0.1) is 23.1 Å². The Morgan fingerprint density at radius 3 is 2.74 bits per heavy atom. The maximum absolute atomic E-state index is 3.58. The van der Waals surface area contributed by atoms with E-state index in [0.717, 1.165) is 18.7 Å². The Hall–Kier alpha value is -0.290. The van der Waals surface area contributed by atoms with Crippen molar-refractivity contribution in [3.8, 4) is 0 Å². The predicted octanol–water partition coefficient (Wildman–Crippen LogP) is 4.82.